The number of ether oxygens (including phenoxy) is 2. The molecule has 8 heteroatoms. The zero-order valence-corrected chi connectivity index (χ0v) is 14.9. The Labute approximate surface area is 154 Å². The second-order valence-electron chi connectivity index (χ2n) is 5.31. The number of amides is 1. The van der Waals surface area contributed by atoms with Crippen molar-refractivity contribution in [2.24, 2.45) is 0 Å². The summed E-state index contributed by atoms with van der Waals surface area (Å²) in [6.45, 7) is 0. The molecule has 2 aromatic carbocycles. The van der Waals surface area contributed by atoms with Crippen molar-refractivity contribution in [3.63, 3.8) is 0 Å². The van der Waals surface area contributed by atoms with Crippen molar-refractivity contribution < 1.29 is 18.8 Å². The number of hydrogen-bond acceptors (Lipinski definition) is 6. The van der Waals surface area contributed by atoms with E-state index in [0.29, 0.717) is 22.3 Å². The normalized spacial score (nSPS) is 10.4. The van der Waals surface area contributed by atoms with E-state index in [2.05, 4.69) is 15.5 Å². The second kappa shape index (κ2) is 7.88. The topological polar surface area (TPSA) is 86.5 Å². The highest BCUT2D eigenvalue weighted by Gasteiger charge is 2.14. The molecule has 3 rings (SSSR count). The van der Waals surface area contributed by atoms with Gasteiger partial charge in [0.2, 0.25) is 17.6 Å². The molecule has 0 bridgehead atoms. The lowest BCUT2D eigenvalue weighted by molar-refractivity contribution is -0.115. The summed E-state index contributed by atoms with van der Waals surface area (Å²) in [5.74, 6) is 1.51. The Balaban J connectivity index is 1.69. The van der Waals surface area contributed by atoms with Crippen LogP contribution in [-0.4, -0.2) is 30.3 Å². The summed E-state index contributed by atoms with van der Waals surface area (Å²) in [4.78, 5) is 16.5. The third-order valence-corrected chi connectivity index (χ3v) is 3.80. The molecule has 0 saturated carbocycles. The molecule has 1 heterocycles. The minimum absolute atomic E-state index is 0.0706. The predicted octanol–water partition coefficient (Wildman–Crippen LogP) is 3.59. The minimum atomic E-state index is -0.324. The Morgan fingerprint density at radius 1 is 1.15 bits per heavy atom. The van der Waals surface area contributed by atoms with E-state index in [-0.39, 0.29) is 18.2 Å². The van der Waals surface area contributed by atoms with Crippen molar-refractivity contribution in [2.45, 2.75) is 6.42 Å². The van der Waals surface area contributed by atoms with Gasteiger partial charge in [-0.15, -0.1) is 0 Å². The number of anilines is 1. The van der Waals surface area contributed by atoms with Crippen LogP contribution >= 0.6 is 11.6 Å². The van der Waals surface area contributed by atoms with Crippen LogP contribution in [-0.2, 0) is 11.2 Å². The fourth-order valence-electron chi connectivity index (χ4n) is 2.29. The molecule has 0 radical (unpaired) electrons. The summed E-state index contributed by atoms with van der Waals surface area (Å²) < 4.78 is 15.5. The van der Waals surface area contributed by atoms with E-state index in [4.69, 9.17) is 25.6 Å². The molecule has 0 atom stereocenters. The van der Waals surface area contributed by atoms with Gasteiger partial charge in [-0.2, -0.15) is 4.98 Å². The van der Waals surface area contributed by atoms with Gasteiger partial charge in [0.25, 0.3) is 0 Å². The molecule has 7 nitrogen and oxygen atoms in total. The van der Waals surface area contributed by atoms with Gasteiger partial charge in [-0.3, -0.25) is 4.79 Å². The van der Waals surface area contributed by atoms with E-state index in [1.54, 1.807) is 37.4 Å². The molecule has 0 spiro atoms. The van der Waals surface area contributed by atoms with Crippen molar-refractivity contribution >= 4 is 23.2 Å². The number of aromatic nitrogens is 2. The number of nitrogens with zero attached hydrogens (tertiary/aromatic N) is 2. The third-order valence-electron chi connectivity index (χ3n) is 3.56. The fraction of sp³-hybridized carbons (Fsp3) is 0.167. The maximum atomic E-state index is 12.2. The van der Waals surface area contributed by atoms with E-state index in [1.807, 2.05) is 12.1 Å². The molecule has 134 valence electrons. The van der Waals surface area contributed by atoms with Crippen molar-refractivity contribution in [2.75, 3.05) is 19.5 Å². The van der Waals surface area contributed by atoms with Crippen molar-refractivity contribution in [3.05, 3.63) is 53.4 Å². The van der Waals surface area contributed by atoms with Crippen LogP contribution in [0.4, 0.5) is 5.69 Å². The van der Waals surface area contributed by atoms with E-state index in [9.17, 15) is 4.79 Å². The average molecular weight is 374 g/mol. The highest BCUT2D eigenvalue weighted by molar-refractivity contribution is 6.31. The highest BCUT2D eigenvalue weighted by atomic mass is 35.5. The van der Waals surface area contributed by atoms with Crippen LogP contribution in [0.15, 0.2) is 47.0 Å². The standard InChI is InChI=1S/C18H16ClN3O4/c1-24-13-6-3-11(4-7-13)18-21-17(26-22-18)10-16(23)20-14-9-12(19)5-8-15(14)25-2/h3-9H,10H2,1-2H3,(H,20,23). The lowest BCUT2D eigenvalue weighted by Gasteiger charge is -2.09. The lowest BCUT2D eigenvalue weighted by atomic mass is 10.2. The van der Waals surface area contributed by atoms with Crippen molar-refractivity contribution in [1.29, 1.82) is 0 Å². The SMILES string of the molecule is COc1ccc(-c2noc(CC(=O)Nc3cc(Cl)ccc3OC)n2)cc1. The molecule has 1 N–H and O–H groups in total. The number of methoxy groups -OCH3 is 2. The maximum Gasteiger partial charge on any atom is 0.236 e. The highest BCUT2D eigenvalue weighted by Crippen LogP contribution is 2.27. The Morgan fingerprint density at radius 2 is 1.92 bits per heavy atom. The maximum absolute atomic E-state index is 12.2. The van der Waals surface area contributed by atoms with E-state index < -0.39 is 0 Å². The molecule has 0 aliphatic heterocycles. The van der Waals surface area contributed by atoms with Crippen LogP contribution in [0.3, 0.4) is 0 Å². The molecule has 0 aliphatic rings. The summed E-state index contributed by atoms with van der Waals surface area (Å²) in [7, 11) is 3.10. The quantitative estimate of drug-likeness (QED) is 0.710. The van der Waals surface area contributed by atoms with Gasteiger partial charge in [0.05, 0.1) is 19.9 Å². The van der Waals surface area contributed by atoms with Crippen LogP contribution < -0.4 is 14.8 Å². The molecule has 0 unspecified atom stereocenters. The van der Waals surface area contributed by atoms with E-state index in [1.165, 1.54) is 7.11 Å². The smallest absolute Gasteiger partial charge is 0.236 e. The zero-order valence-electron chi connectivity index (χ0n) is 14.2. The Morgan fingerprint density at radius 3 is 2.62 bits per heavy atom. The van der Waals surface area contributed by atoms with Gasteiger partial charge in [0.1, 0.15) is 17.9 Å². The van der Waals surface area contributed by atoms with Crippen LogP contribution in [0.25, 0.3) is 11.4 Å². The van der Waals surface area contributed by atoms with Crippen LogP contribution in [0.5, 0.6) is 11.5 Å². The number of carbonyl (C=O) groups excluding carboxylic acids is 1. The van der Waals surface area contributed by atoms with Gasteiger partial charge in [0, 0.05) is 10.6 Å². The second-order valence-corrected chi connectivity index (χ2v) is 5.75. The van der Waals surface area contributed by atoms with Crippen LogP contribution in [0, 0.1) is 0 Å². The molecule has 0 fully saturated rings. The largest absolute Gasteiger partial charge is 0.497 e. The molecular weight excluding hydrogens is 358 g/mol. The number of carbonyl (C=O) groups is 1. The number of hydrogen-bond donors (Lipinski definition) is 1. The molecule has 0 aliphatic carbocycles. The molecule has 0 saturated heterocycles. The van der Waals surface area contributed by atoms with Gasteiger partial charge in [-0.05, 0) is 42.5 Å². The first-order valence-electron chi connectivity index (χ1n) is 7.69. The summed E-state index contributed by atoms with van der Waals surface area (Å²) in [5.41, 5.74) is 1.23. The summed E-state index contributed by atoms with van der Waals surface area (Å²) >= 11 is 5.95. The molecule has 26 heavy (non-hydrogen) atoms. The number of nitrogens with one attached hydrogen (secondary N) is 1. The van der Waals surface area contributed by atoms with Crippen LogP contribution in [0.2, 0.25) is 5.02 Å². The van der Waals surface area contributed by atoms with Crippen molar-refractivity contribution in [3.8, 4) is 22.9 Å². The van der Waals surface area contributed by atoms with E-state index in [0.717, 1.165) is 11.3 Å². The van der Waals surface area contributed by atoms with Gasteiger partial charge >= 0.3 is 0 Å². The van der Waals surface area contributed by atoms with Gasteiger partial charge < -0.3 is 19.3 Å². The summed E-state index contributed by atoms with van der Waals surface area (Å²) in [6, 6.07) is 12.2. The molecular formula is C18H16ClN3O4. The third kappa shape index (κ3) is 4.12. The first-order chi connectivity index (χ1) is 12.6. The Kier molecular flexibility index (Phi) is 5.38. The zero-order chi connectivity index (χ0) is 18.5. The number of rotatable bonds is 6. The predicted molar refractivity (Wildman–Crippen MR) is 96.6 cm³/mol. The van der Waals surface area contributed by atoms with Gasteiger partial charge in [-0.25, -0.2) is 0 Å². The van der Waals surface area contributed by atoms with Gasteiger partial charge in [-0.1, -0.05) is 16.8 Å². The Bertz CT molecular complexity index is 909. The lowest BCUT2D eigenvalue weighted by Crippen LogP contribution is -2.15. The number of halogens is 1. The summed E-state index contributed by atoms with van der Waals surface area (Å²) in [5, 5.41) is 7.11. The van der Waals surface area contributed by atoms with Gasteiger partial charge in [0.15, 0.2) is 0 Å². The first kappa shape index (κ1) is 17.8. The van der Waals surface area contributed by atoms with Crippen molar-refractivity contribution in [1.82, 2.24) is 10.1 Å². The molecule has 3 aromatic rings. The van der Waals surface area contributed by atoms with Crippen LogP contribution in [0.1, 0.15) is 5.89 Å². The fourth-order valence-corrected chi connectivity index (χ4v) is 2.47. The number of benzene rings is 2. The average Bonchev–Trinajstić information content (AvgIpc) is 3.10. The van der Waals surface area contributed by atoms with E-state index >= 15 is 0 Å². The Hall–Kier alpha value is -3.06. The monoisotopic (exact) mass is 373 g/mol. The molecule has 1 aromatic heterocycles. The molecule has 1 amide bonds. The minimum Gasteiger partial charge on any atom is -0.497 e. The first-order valence-corrected chi connectivity index (χ1v) is 8.07. The summed E-state index contributed by atoms with van der Waals surface area (Å²) in [6.07, 6.45) is -0.0706.